The van der Waals surface area contributed by atoms with Gasteiger partial charge in [0.15, 0.2) is 11.5 Å². The van der Waals surface area contributed by atoms with E-state index in [-0.39, 0.29) is 5.91 Å². The minimum atomic E-state index is 0.267. The van der Waals surface area contributed by atoms with Gasteiger partial charge < -0.3 is 19.3 Å². The van der Waals surface area contributed by atoms with Crippen molar-refractivity contribution in [3.8, 4) is 11.5 Å². The van der Waals surface area contributed by atoms with Crippen molar-refractivity contribution in [1.29, 1.82) is 0 Å². The van der Waals surface area contributed by atoms with Crippen LogP contribution in [0.4, 0.5) is 0 Å². The first-order chi connectivity index (χ1) is 17.5. The quantitative estimate of drug-likeness (QED) is 0.370. The van der Waals surface area contributed by atoms with Gasteiger partial charge >= 0.3 is 0 Å². The summed E-state index contributed by atoms with van der Waals surface area (Å²) in [6.45, 7) is 7.49. The number of benzene rings is 1. The summed E-state index contributed by atoms with van der Waals surface area (Å²) in [5, 5.41) is 4.38. The molecule has 2 aliphatic rings. The van der Waals surface area contributed by atoms with Gasteiger partial charge in [0.2, 0.25) is 12.7 Å². The molecule has 198 valence electrons. The first-order valence-corrected chi connectivity index (χ1v) is 13.6. The molecule has 3 heterocycles. The fourth-order valence-corrected chi connectivity index (χ4v) is 5.32. The number of rotatable bonds is 14. The average Bonchev–Trinajstić information content (AvgIpc) is 3.62. The lowest BCUT2D eigenvalue weighted by molar-refractivity contribution is -0.132. The van der Waals surface area contributed by atoms with Crippen molar-refractivity contribution in [3.63, 3.8) is 0 Å². The van der Waals surface area contributed by atoms with Crippen LogP contribution in [-0.4, -0.2) is 90.0 Å². The molecule has 36 heavy (non-hydrogen) atoms. The molecule has 2 aromatic rings. The van der Waals surface area contributed by atoms with Crippen molar-refractivity contribution in [1.82, 2.24) is 24.5 Å². The fourth-order valence-electron chi connectivity index (χ4n) is 5.32. The van der Waals surface area contributed by atoms with Gasteiger partial charge in [0.1, 0.15) is 0 Å². The van der Waals surface area contributed by atoms with Crippen LogP contribution in [0.5, 0.6) is 11.5 Å². The average molecular weight is 498 g/mol. The third kappa shape index (κ3) is 7.23. The number of fused-ring (bicyclic) bond motifs is 1. The lowest BCUT2D eigenvalue weighted by atomic mass is 9.95. The summed E-state index contributed by atoms with van der Waals surface area (Å²) in [6, 6.07) is 8.61. The lowest BCUT2D eigenvalue weighted by Crippen LogP contribution is -2.43. The van der Waals surface area contributed by atoms with Gasteiger partial charge in [-0.15, -0.1) is 0 Å². The maximum atomic E-state index is 13.5. The summed E-state index contributed by atoms with van der Waals surface area (Å²) >= 11 is 0. The van der Waals surface area contributed by atoms with E-state index in [9.17, 15) is 4.79 Å². The Morgan fingerprint density at radius 2 is 1.92 bits per heavy atom. The van der Waals surface area contributed by atoms with Crippen LogP contribution in [0.3, 0.4) is 0 Å². The second-order valence-electron chi connectivity index (χ2n) is 10.4. The molecular weight excluding hydrogens is 454 g/mol. The van der Waals surface area contributed by atoms with E-state index in [2.05, 4.69) is 53.0 Å². The molecule has 2 aliphatic heterocycles. The summed E-state index contributed by atoms with van der Waals surface area (Å²) in [5.41, 5.74) is 1.27. The highest BCUT2D eigenvalue weighted by Gasteiger charge is 2.35. The highest BCUT2D eigenvalue weighted by molar-refractivity contribution is 5.78. The summed E-state index contributed by atoms with van der Waals surface area (Å²) in [4.78, 5) is 20.3. The minimum absolute atomic E-state index is 0.267. The minimum Gasteiger partial charge on any atom is -0.454 e. The smallest absolute Gasteiger partial charge is 0.236 e. The maximum Gasteiger partial charge on any atom is 0.236 e. The number of amides is 1. The molecule has 0 saturated carbocycles. The molecule has 1 saturated heterocycles. The number of carbonyl (C=O) groups is 1. The van der Waals surface area contributed by atoms with Gasteiger partial charge in [0.25, 0.3) is 0 Å². The van der Waals surface area contributed by atoms with Gasteiger partial charge in [0, 0.05) is 44.6 Å². The number of nitrogens with zero attached hydrogens (tertiary/aromatic N) is 5. The maximum absolute atomic E-state index is 13.5. The SMILES string of the molecule is CCCCN(CCCCN(C)C)C(=O)CN1CC(c2ccc3c(c2)OCO3)CC1CCn1cccn1. The largest absolute Gasteiger partial charge is 0.454 e. The Kier molecular flexibility index (Phi) is 9.64. The Hall–Kier alpha value is -2.58. The summed E-state index contributed by atoms with van der Waals surface area (Å²) in [5.74, 6) is 2.29. The zero-order valence-electron chi connectivity index (χ0n) is 22.3. The number of hydrogen-bond acceptors (Lipinski definition) is 6. The fraction of sp³-hybridized carbons (Fsp3) is 0.643. The number of carbonyl (C=O) groups excluding carboxylic acids is 1. The molecule has 0 radical (unpaired) electrons. The number of hydrogen-bond donors (Lipinski definition) is 0. The van der Waals surface area contributed by atoms with Gasteiger partial charge in [-0.2, -0.15) is 5.10 Å². The summed E-state index contributed by atoms with van der Waals surface area (Å²) < 4.78 is 13.1. The monoisotopic (exact) mass is 497 g/mol. The number of aromatic nitrogens is 2. The molecule has 2 atom stereocenters. The second-order valence-corrected chi connectivity index (χ2v) is 10.4. The molecular formula is C28H43N5O3. The second kappa shape index (κ2) is 13.1. The highest BCUT2D eigenvalue weighted by Crippen LogP contribution is 2.39. The Bertz CT molecular complexity index is 949. The molecule has 1 aromatic heterocycles. The zero-order valence-corrected chi connectivity index (χ0v) is 22.3. The Balaban J connectivity index is 1.41. The Morgan fingerprint density at radius 1 is 1.11 bits per heavy atom. The van der Waals surface area contributed by atoms with Crippen LogP contribution < -0.4 is 9.47 Å². The van der Waals surface area contributed by atoms with E-state index in [0.717, 1.165) is 82.7 Å². The zero-order chi connectivity index (χ0) is 25.3. The molecule has 0 bridgehead atoms. The first-order valence-electron chi connectivity index (χ1n) is 13.6. The molecule has 2 unspecified atom stereocenters. The molecule has 4 rings (SSSR count). The van der Waals surface area contributed by atoms with Gasteiger partial charge in [-0.05, 0) is 82.4 Å². The van der Waals surface area contributed by atoms with Crippen LogP contribution in [0.2, 0.25) is 0 Å². The number of ether oxygens (including phenoxy) is 2. The van der Waals surface area contributed by atoms with Gasteiger partial charge in [0.05, 0.1) is 6.54 Å². The van der Waals surface area contributed by atoms with Crippen molar-refractivity contribution in [2.45, 2.75) is 64.0 Å². The number of unbranched alkanes of at least 4 members (excludes halogenated alkanes) is 2. The number of aryl methyl sites for hydroxylation is 1. The number of likely N-dealkylation sites (tertiary alicyclic amines) is 1. The van der Waals surface area contributed by atoms with Crippen molar-refractivity contribution in [2.24, 2.45) is 0 Å². The summed E-state index contributed by atoms with van der Waals surface area (Å²) in [7, 11) is 4.21. The third-order valence-electron chi connectivity index (χ3n) is 7.40. The normalized spacial score (nSPS) is 19.3. The van der Waals surface area contributed by atoms with Crippen LogP contribution >= 0.6 is 0 Å². The molecule has 1 fully saturated rings. The Morgan fingerprint density at radius 3 is 2.69 bits per heavy atom. The van der Waals surface area contributed by atoms with Crippen LogP contribution in [0, 0.1) is 0 Å². The van der Waals surface area contributed by atoms with E-state index < -0.39 is 0 Å². The van der Waals surface area contributed by atoms with Crippen LogP contribution in [0.25, 0.3) is 0 Å². The van der Waals surface area contributed by atoms with E-state index >= 15 is 0 Å². The van der Waals surface area contributed by atoms with Gasteiger partial charge in [-0.25, -0.2) is 0 Å². The standard InChI is InChI=1S/C28H43N5O3/c1-4-5-14-31(15-7-6-13-30(2)3)28(34)21-32-20-24(18-25(32)11-17-33-16-8-12-29-33)23-9-10-26-27(19-23)36-22-35-26/h8-10,12,16,19,24-25H,4-7,11,13-15,17-18,20-22H2,1-3H3. The van der Waals surface area contributed by atoms with Crippen LogP contribution in [0.1, 0.15) is 56.9 Å². The predicted octanol–water partition coefficient (Wildman–Crippen LogP) is 3.83. The molecule has 0 aliphatic carbocycles. The van der Waals surface area contributed by atoms with Crippen molar-refractivity contribution < 1.29 is 14.3 Å². The van der Waals surface area contributed by atoms with Gasteiger partial charge in [-0.3, -0.25) is 14.4 Å². The van der Waals surface area contributed by atoms with E-state index in [0.29, 0.717) is 25.3 Å². The van der Waals surface area contributed by atoms with Gasteiger partial charge in [-0.1, -0.05) is 19.4 Å². The van der Waals surface area contributed by atoms with Crippen molar-refractivity contribution >= 4 is 5.91 Å². The van der Waals surface area contributed by atoms with E-state index in [4.69, 9.17) is 9.47 Å². The lowest BCUT2D eigenvalue weighted by Gasteiger charge is -2.29. The Labute approximate surface area is 216 Å². The molecule has 0 N–H and O–H groups in total. The van der Waals surface area contributed by atoms with Crippen molar-refractivity contribution in [3.05, 3.63) is 42.2 Å². The molecule has 1 amide bonds. The molecule has 1 aromatic carbocycles. The van der Waals surface area contributed by atoms with E-state index in [1.54, 1.807) is 0 Å². The van der Waals surface area contributed by atoms with Crippen LogP contribution in [0.15, 0.2) is 36.7 Å². The summed E-state index contributed by atoms with van der Waals surface area (Å²) in [6.07, 6.45) is 10.2. The predicted molar refractivity (Wildman–Crippen MR) is 141 cm³/mol. The molecule has 8 nitrogen and oxygen atoms in total. The first kappa shape index (κ1) is 26.5. The third-order valence-corrected chi connectivity index (χ3v) is 7.40. The van der Waals surface area contributed by atoms with E-state index in [1.807, 2.05) is 29.2 Å². The van der Waals surface area contributed by atoms with E-state index in [1.165, 1.54) is 5.56 Å². The van der Waals surface area contributed by atoms with Crippen LogP contribution in [-0.2, 0) is 11.3 Å². The molecule has 8 heteroatoms. The highest BCUT2D eigenvalue weighted by atomic mass is 16.7. The molecule has 0 spiro atoms. The topological polar surface area (TPSA) is 63.1 Å². The van der Waals surface area contributed by atoms with Crippen molar-refractivity contribution in [2.75, 3.05) is 53.6 Å².